The molecule has 0 aliphatic rings. The average molecular weight is 336 g/mol. The zero-order chi connectivity index (χ0) is 13.8. The van der Waals surface area contributed by atoms with Gasteiger partial charge in [0.2, 0.25) is 10.0 Å². The van der Waals surface area contributed by atoms with E-state index in [1.54, 1.807) is 31.2 Å². The van der Waals surface area contributed by atoms with Crippen molar-refractivity contribution in [1.82, 2.24) is 4.31 Å². The van der Waals surface area contributed by atoms with Gasteiger partial charge in [0.05, 0.1) is 11.0 Å². The van der Waals surface area contributed by atoms with E-state index in [0.717, 1.165) is 5.56 Å². The molecule has 1 aromatic rings. The van der Waals surface area contributed by atoms with Crippen LogP contribution in [0.2, 0.25) is 0 Å². The molecule has 0 fully saturated rings. The van der Waals surface area contributed by atoms with Crippen LogP contribution in [0.25, 0.3) is 0 Å². The first-order valence-electron chi connectivity index (χ1n) is 5.67. The largest absolute Gasteiger partial charge is 0.393 e. The van der Waals surface area contributed by atoms with Gasteiger partial charge in [-0.15, -0.1) is 0 Å². The Kier molecular flexibility index (Phi) is 5.78. The Morgan fingerprint density at radius 3 is 2.33 bits per heavy atom. The molecule has 4 nitrogen and oxygen atoms in total. The fraction of sp³-hybridized carbons (Fsp3) is 0.500. The summed E-state index contributed by atoms with van der Waals surface area (Å²) in [5.74, 6) is 0. The first-order chi connectivity index (χ1) is 8.37. The number of aliphatic hydroxyl groups excluding tert-OH is 1. The third-order valence-electron chi connectivity index (χ3n) is 2.65. The normalized spacial score (nSPS) is 13.8. The van der Waals surface area contributed by atoms with Crippen molar-refractivity contribution in [2.75, 3.05) is 13.6 Å². The summed E-state index contributed by atoms with van der Waals surface area (Å²) in [4.78, 5) is 0.278. The summed E-state index contributed by atoms with van der Waals surface area (Å²) in [5.41, 5.74) is 1.03. The van der Waals surface area contributed by atoms with Gasteiger partial charge in [-0.05, 0) is 31.0 Å². The fourth-order valence-corrected chi connectivity index (χ4v) is 2.98. The molecule has 0 aromatic heterocycles. The standard InChI is InChI=1S/C12H18BrNO3S/c1-10(15)7-8-14(2)18(16,17)12-5-3-11(9-13)4-6-12/h3-6,10,15H,7-9H2,1-2H3. The average Bonchev–Trinajstić information content (AvgIpc) is 2.35. The van der Waals surface area contributed by atoms with Gasteiger partial charge in [0, 0.05) is 18.9 Å². The molecule has 18 heavy (non-hydrogen) atoms. The van der Waals surface area contributed by atoms with Crippen molar-refractivity contribution in [2.24, 2.45) is 0 Å². The summed E-state index contributed by atoms with van der Waals surface area (Å²) < 4.78 is 25.6. The van der Waals surface area contributed by atoms with Gasteiger partial charge < -0.3 is 5.11 Å². The number of halogens is 1. The first-order valence-corrected chi connectivity index (χ1v) is 8.23. The van der Waals surface area contributed by atoms with Crippen molar-refractivity contribution in [3.63, 3.8) is 0 Å². The maximum Gasteiger partial charge on any atom is 0.242 e. The van der Waals surface area contributed by atoms with Crippen molar-refractivity contribution in [2.45, 2.75) is 29.7 Å². The molecule has 1 unspecified atom stereocenters. The van der Waals surface area contributed by atoms with E-state index in [1.807, 2.05) is 0 Å². The minimum atomic E-state index is -3.45. The van der Waals surface area contributed by atoms with Gasteiger partial charge >= 0.3 is 0 Å². The summed E-state index contributed by atoms with van der Waals surface area (Å²) in [6, 6.07) is 6.77. The lowest BCUT2D eigenvalue weighted by Gasteiger charge is -2.18. The minimum Gasteiger partial charge on any atom is -0.393 e. The first kappa shape index (κ1) is 15.6. The molecule has 0 aliphatic heterocycles. The molecule has 0 radical (unpaired) electrons. The summed E-state index contributed by atoms with van der Waals surface area (Å²) in [6.45, 7) is 1.95. The lowest BCUT2D eigenvalue weighted by molar-refractivity contribution is 0.177. The lowest BCUT2D eigenvalue weighted by atomic mass is 10.2. The maximum atomic E-state index is 12.2. The molecule has 1 N–H and O–H groups in total. The summed E-state index contributed by atoms with van der Waals surface area (Å²) in [7, 11) is -1.93. The van der Waals surface area contributed by atoms with Gasteiger partial charge in [0.25, 0.3) is 0 Å². The number of nitrogens with zero attached hydrogens (tertiary/aromatic N) is 1. The third-order valence-corrected chi connectivity index (χ3v) is 5.17. The van der Waals surface area contributed by atoms with E-state index in [0.29, 0.717) is 18.3 Å². The van der Waals surface area contributed by atoms with Gasteiger partial charge in [0.1, 0.15) is 0 Å². The molecule has 0 bridgehead atoms. The number of hydrogen-bond donors (Lipinski definition) is 1. The van der Waals surface area contributed by atoms with E-state index in [2.05, 4.69) is 15.9 Å². The van der Waals surface area contributed by atoms with Crippen LogP contribution in [-0.4, -0.2) is 37.5 Å². The Bertz CT molecular complexity index is 471. The lowest BCUT2D eigenvalue weighted by Crippen LogP contribution is -2.29. The quantitative estimate of drug-likeness (QED) is 0.808. The summed E-state index contributed by atoms with van der Waals surface area (Å²) >= 11 is 3.31. The van der Waals surface area contributed by atoms with E-state index >= 15 is 0 Å². The van der Waals surface area contributed by atoms with Crippen LogP contribution >= 0.6 is 15.9 Å². The zero-order valence-corrected chi connectivity index (χ0v) is 12.9. The number of hydrogen-bond acceptors (Lipinski definition) is 3. The molecular weight excluding hydrogens is 318 g/mol. The van der Waals surface area contributed by atoms with Gasteiger partial charge in [-0.2, -0.15) is 0 Å². The van der Waals surface area contributed by atoms with E-state index in [-0.39, 0.29) is 4.90 Å². The number of rotatable bonds is 6. The van der Waals surface area contributed by atoms with E-state index < -0.39 is 16.1 Å². The fourth-order valence-electron chi connectivity index (χ4n) is 1.42. The third kappa shape index (κ3) is 4.05. The Morgan fingerprint density at radius 2 is 1.89 bits per heavy atom. The van der Waals surface area contributed by atoms with E-state index in [9.17, 15) is 13.5 Å². The van der Waals surface area contributed by atoms with Crippen LogP contribution in [0.15, 0.2) is 29.2 Å². The Labute approximate surface area is 117 Å². The number of aliphatic hydroxyl groups is 1. The Balaban J connectivity index is 2.84. The molecule has 0 spiro atoms. The van der Waals surface area contributed by atoms with Crippen LogP contribution < -0.4 is 0 Å². The molecule has 1 aromatic carbocycles. The van der Waals surface area contributed by atoms with Crippen LogP contribution in [0.3, 0.4) is 0 Å². The second kappa shape index (κ2) is 6.65. The molecule has 1 atom stereocenters. The zero-order valence-electron chi connectivity index (χ0n) is 10.5. The van der Waals surface area contributed by atoms with Crippen LogP contribution in [-0.2, 0) is 15.4 Å². The molecule has 102 valence electrons. The highest BCUT2D eigenvalue weighted by molar-refractivity contribution is 9.08. The van der Waals surface area contributed by atoms with Gasteiger partial charge in [-0.1, -0.05) is 28.1 Å². The number of benzene rings is 1. The molecule has 1 rings (SSSR count). The van der Waals surface area contributed by atoms with Crippen LogP contribution in [0.4, 0.5) is 0 Å². The van der Waals surface area contributed by atoms with Crippen molar-refractivity contribution < 1.29 is 13.5 Å². The highest BCUT2D eigenvalue weighted by Crippen LogP contribution is 2.16. The molecule has 0 heterocycles. The van der Waals surface area contributed by atoms with Crippen molar-refractivity contribution in [3.05, 3.63) is 29.8 Å². The van der Waals surface area contributed by atoms with Crippen LogP contribution in [0, 0.1) is 0 Å². The SMILES string of the molecule is CC(O)CCN(C)S(=O)(=O)c1ccc(CBr)cc1. The Morgan fingerprint density at radius 1 is 1.33 bits per heavy atom. The minimum absolute atomic E-state index is 0.278. The molecule has 0 saturated heterocycles. The van der Waals surface area contributed by atoms with E-state index in [4.69, 9.17) is 0 Å². The van der Waals surface area contributed by atoms with Gasteiger partial charge in [0.15, 0.2) is 0 Å². The second-order valence-corrected chi connectivity index (χ2v) is 6.85. The van der Waals surface area contributed by atoms with Crippen LogP contribution in [0.1, 0.15) is 18.9 Å². The monoisotopic (exact) mass is 335 g/mol. The predicted molar refractivity (Wildman–Crippen MR) is 75.2 cm³/mol. The summed E-state index contributed by atoms with van der Waals surface area (Å²) in [6.07, 6.45) is -0.0757. The topological polar surface area (TPSA) is 57.6 Å². The van der Waals surface area contributed by atoms with Crippen LogP contribution in [0.5, 0.6) is 0 Å². The van der Waals surface area contributed by atoms with E-state index in [1.165, 1.54) is 11.4 Å². The maximum absolute atomic E-state index is 12.2. The molecule has 0 aliphatic carbocycles. The number of alkyl halides is 1. The molecule has 0 amide bonds. The van der Waals surface area contributed by atoms with Crippen molar-refractivity contribution in [3.8, 4) is 0 Å². The highest BCUT2D eigenvalue weighted by Gasteiger charge is 2.20. The second-order valence-electron chi connectivity index (χ2n) is 4.24. The molecule has 0 saturated carbocycles. The van der Waals surface area contributed by atoms with Crippen molar-refractivity contribution in [1.29, 1.82) is 0 Å². The smallest absolute Gasteiger partial charge is 0.242 e. The molecular formula is C12H18BrNO3S. The Hall–Kier alpha value is -0.430. The number of sulfonamides is 1. The predicted octanol–water partition coefficient (Wildman–Crippen LogP) is 1.97. The molecule has 6 heteroatoms. The van der Waals surface area contributed by atoms with Gasteiger partial charge in [-0.3, -0.25) is 0 Å². The summed E-state index contributed by atoms with van der Waals surface area (Å²) in [5, 5.41) is 9.88. The van der Waals surface area contributed by atoms with Crippen molar-refractivity contribution >= 4 is 26.0 Å². The highest BCUT2D eigenvalue weighted by atomic mass is 79.9. The van der Waals surface area contributed by atoms with Gasteiger partial charge in [-0.25, -0.2) is 12.7 Å².